The molecule has 0 heterocycles. The van der Waals surface area contributed by atoms with Crippen molar-refractivity contribution in [2.24, 2.45) is 5.73 Å². The Morgan fingerprint density at radius 2 is 1.68 bits per heavy atom. The number of nitrogens with two attached hydrogens (primary N) is 1. The molecule has 1 amide bonds. The first-order valence-electron chi connectivity index (χ1n) is 6.81. The highest BCUT2D eigenvalue weighted by atomic mass is 32.2. The minimum Gasteiger partial charge on any atom is -0.370 e. The van der Waals surface area contributed by atoms with Crippen LogP contribution in [-0.4, -0.2) is 14.3 Å². The van der Waals surface area contributed by atoms with Gasteiger partial charge in [-0.05, 0) is 24.6 Å². The lowest BCUT2D eigenvalue weighted by molar-refractivity contribution is -0.118. The van der Waals surface area contributed by atoms with E-state index in [1.165, 1.54) is 12.1 Å². The summed E-state index contributed by atoms with van der Waals surface area (Å²) in [5.74, 6) is -0.569. The van der Waals surface area contributed by atoms with Crippen LogP contribution in [0.15, 0.2) is 59.5 Å². The van der Waals surface area contributed by atoms with Gasteiger partial charge in [0.05, 0.1) is 10.9 Å². The van der Waals surface area contributed by atoms with E-state index in [-0.39, 0.29) is 11.3 Å². The van der Waals surface area contributed by atoms with Crippen molar-refractivity contribution >= 4 is 15.9 Å². The van der Waals surface area contributed by atoms with Crippen LogP contribution in [0.1, 0.15) is 23.6 Å². The number of nitrogens with one attached hydrogen (secondary N) is 1. The van der Waals surface area contributed by atoms with Gasteiger partial charge in [-0.15, -0.1) is 0 Å². The highest BCUT2D eigenvalue weighted by molar-refractivity contribution is 7.89. The molecule has 0 aliphatic heterocycles. The molecule has 0 saturated heterocycles. The Balaban J connectivity index is 2.30. The molecule has 2 aromatic carbocycles. The summed E-state index contributed by atoms with van der Waals surface area (Å²) in [6.45, 7) is 1.88. The number of hydrogen-bond donors (Lipinski definition) is 2. The molecule has 3 N–H and O–H groups in total. The van der Waals surface area contributed by atoms with Crippen molar-refractivity contribution in [1.29, 1.82) is 0 Å². The molecule has 2 rings (SSSR count). The third-order valence-electron chi connectivity index (χ3n) is 3.24. The summed E-state index contributed by atoms with van der Waals surface area (Å²) >= 11 is 0. The van der Waals surface area contributed by atoms with Crippen LogP contribution in [0.3, 0.4) is 0 Å². The molecule has 1 atom stereocenters. The number of primary amides is 1. The predicted molar refractivity (Wildman–Crippen MR) is 84.5 cm³/mol. The molecular weight excluding hydrogens is 300 g/mol. The van der Waals surface area contributed by atoms with E-state index in [2.05, 4.69) is 4.72 Å². The third-order valence-corrected chi connectivity index (χ3v) is 4.72. The van der Waals surface area contributed by atoms with Gasteiger partial charge in [0.2, 0.25) is 15.9 Å². The van der Waals surface area contributed by atoms with Gasteiger partial charge < -0.3 is 5.73 Å². The number of sulfonamides is 1. The minimum absolute atomic E-state index is 0.102. The van der Waals surface area contributed by atoms with E-state index in [9.17, 15) is 13.2 Å². The van der Waals surface area contributed by atoms with Crippen LogP contribution >= 0.6 is 0 Å². The van der Waals surface area contributed by atoms with Crippen molar-refractivity contribution in [2.45, 2.75) is 24.3 Å². The molecular formula is C16H18N2O3S. The van der Waals surface area contributed by atoms with Crippen molar-refractivity contribution in [3.05, 3.63) is 65.7 Å². The second kappa shape index (κ2) is 6.72. The lowest BCUT2D eigenvalue weighted by Gasteiger charge is -2.18. The van der Waals surface area contributed by atoms with Crippen molar-refractivity contribution in [1.82, 2.24) is 4.72 Å². The average molecular weight is 318 g/mol. The van der Waals surface area contributed by atoms with Gasteiger partial charge >= 0.3 is 0 Å². The maximum Gasteiger partial charge on any atom is 0.241 e. The molecule has 5 nitrogen and oxygen atoms in total. The third kappa shape index (κ3) is 4.16. The molecule has 0 aliphatic rings. The Labute approximate surface area is 130 Å². The van der Waals surface area contributed by atoms with Gasteiger partial charge in [0.15, 0.2) is 0 Å². The highest BCUT2D eigenvalue weighted by Gasteiger charge is 2.22. The number of rotatable bonds is 6. The topological polar surface area (TPSA) is 89.3 Å². The van der Waals surface area contributed by atoms with Crippen LogP contribution in [0.25, 0.3) is 0 Å². The molecule has 0 bridgehead atoms. The van der Waals surface area contributed by atoms with Crippen LogP contribution in [0.2, 0.25) is 0 Å². The SMILES string of the molecule is Cc1ccc(S(=O)(=O)NC(CC(N)=O)c2ccccc2)cc1. The van der Waals surface area contributed by atoms with E-state index < -0.39 is 22.0 Å². The summed E-state index contributed by atoms with van der Waals surface area (Å²) in [5, 5.41) is 0. The highest BCUT2D eigenvalue weighted by Crippen LogP contribution is 2.20. The van der Waals surface area contributed by atoms with E-state index in [1.54, 1.807) is 36.4 Å². The normalized spacial score (nSPS) is 12.8. The molecule has 116 valence electrons. The summed E-state index contributed by atoms with van der Waals surface area (Å²) in [6, 6.07) is 14.7. The zero-order valence-electron chi connectivity index (χ0n) is 12.2. The lowest BCUT2D eigenvalue weighted by atomic mass is 10.1. The summed E-state index contributed by atoms with van der Waals surface area (Å²) in [4.78, 5) is 11.4. The van der Waals surface area contributed by atoms with E-state index in [0.29, 0.717) is 5.56 Å². The molecule has 1 unspecified atom stereocenters. The Morgan fingerprint density at radius 3 is 2.23 bits per heavy atom. The average Bonchev–Trinajstić information content (AvgIpc) is 2.47. The fourth-order valence-corrected chi connectivity index (χ4v) is 3.31. The monoisotopic (exact) mass is 318 g/mol. The van der Waals surface area contributed by atoms with E-state index in [1.807, 2.05) is 13.0 Å². The number of carbonyl (C=O) groups is 1. The number of carbonyl (C=O) groups excluding carboxylic acids is 1. The number of amides is 1. The van der Waals surface area contributed by atoms with Gasteiger partial charge in [0.25, 0.3) is 0 Å². The molecule has 6 heteroatoms. The molecule has 2 aromatic rings. The van der Waals surface area contributed by atoms with Gasteiger partial charge in [-0.2, -0.15) is 0 Å². The van der Waals surface area contributed by atoms with Gasteiger partial charge in [-0.1, -0.05) is 48.0 Å². The fourth-order valence-electron chi connectivity index (χ4n) is 2.09. The Kier molecular flexibility index (Phi) is 4.95. The second-order valence-corrected chi connectivity index (χ2v) is 6.78. The van der Waals surface area contributed by atoms with Gasteiger partial charge in [-0.3, -0.25) is 4.79 Å². The fraction of sp³-hybridized carbons (Fsp3) is 0.188. The molecule has 0 fully saturated rings. The molecule has 0 spiro atoms. The smallest absolute Gasteiger partial charge is 0.241 e. The van der Waals surface area contributed by atoms with Gasteiger partial charge in [-0.25, -0.2) is 13.1 Å². The van der Waals surface area contributed by atoms with Gasteiger partial charge in [0, 0.05) is 6.42 Å². The molecule has 0 aliphatic carbocycles. The van der Waals surface area contributed by atoms with Crippen LogP contribution in [-0.2, 0) is 14.8 Å². The Morgan fingerprint density at radius 1 is 1.09 bits per heavy atom. The first-order chi connectivity index (χ1) is 10.4. The van der Waals surface area contributed by atoms with Crippen molar-refractivity contribution in [3.8, 4) is 0 Å². The second-order valence-electron chi connectivity index (χ2n) is 5.07. The number of aryl methyl sites for hydroxylation is 1. The lowest BCUT2D eigenvalue weighted by Crippen LogP contribution is -2.31. The van der Waals surface area contributed by atoms with Gasteiger partial charge in [0.1, 0.15) is 0 Å². The Bertz CT molecular complexity index is 741. The largest absolute Gasteiger partial charge is 0.370 e. The summed E-state index contributed by atoms with van der Waals surface area (Å²) in [6.07, 6.45) is -0.102. The maximum atomic E-state index is 12.4. The molecule has 0 radical (unpaired) electrons. The van der Waals surface area contributed by atoms with Crippen LogP contribution < -0.4 is 10.5 Å². The van der Waals surface area contributed by atoms with Crippen molar-refractivity contribution < 1.29 is 13.2 Å². The first-order valence-corrected chi connectivity index (χ1v) is 8.29. The zero-order valence-corrected chi connectivity index (χ0v) is 13.0. The Hall–Kier alpha value is -2.18. The molecule has 22 heavy (non-hydrogen) atoms. The first kappa shape index (κ1) is 16.2. The van der Waals surface area contributed by atoms with Crippen LogP contribution in [0.5, 0.6) is 0 Å². The van der Waals surface area contributed by atoms with E-state index in [0.717, 1.165) is 5.56 Å². The zero-order chi connectivity index (χ0) is 16.2. The van der Waals surface area contributed by atoms with Crippen molar-refractivity contribution in [2.75, 3.05) is 0 Å². The van der Waals surface area contributed by atoms with E-state index in [4.69, 9.17) is 5.73 Å². The van der Waals surface area contributed by atoms with E-state index >= 15 is 0 Å². The summed E-state index contributed by atoms with van der Waals surface area (Å²) < 4.78 is 27.4. The quantitative estimate of drug-likeness (QED) is 0.852. The number of benzene rings is 2. The standard InChI is InChI=1S/C16H18N2O3S/c1-12-7-9-14(10-8-12)22(20,21)18-15(11-16(17)19)13-5-3-2-4-6-13/h2-10,15,18H,11H2,1H3,(H2,17,19). The maximum absolute atomic E-state index is 12.4. The predicted octanol–water partition coefficient (Wildman–Crippen LogP) is 1.89. The van der Waals surface area contributed by atoms with Crippen molar-refractivity contribution in [3.63, 3.8) is 0 Å². The molecule has 0 aromatic heterocycles. The minimum atomic E-state index is -3.73. The summed E-state index contributed by atoms with van der Waals surface area (Å²) in [5.41, 5.74) is 6.89. The van der Waals surface area contributed by atoms with Crippen LogP contribution in [0.4, 0.5) is 0 Å². The van der Waals surface area contributed by atoms with Crippen LogP contribution in [0, 0.1) is 6.92 Å². The number of hydrogen-bond acceptors (Lipinski definition) is 3. The summed E-state index contributed by atoms with van der Waals surface area (Å²) in [7, 11) is -3.73. The molecule has 0 saturated carbocycles.